The molecular weight excluding hydrogens is 655 g/mol. The van der Waals surface area contributed by atoms with Crippen molar-refractivity contribution in [1.29, 1.82) is 0 Å². The zero-order valence-corrected chi connectivity index (χ0v) is 24.8. The van der Waals surface area contributed by atoms with Gasteiger partial charge >= 0.3 is 0 Å². The van der Waals surface area contributed by atoms with E-state index < -0.39 is 0 Å². The lowest BCUT2D eigenvalue weighted by Gasteiger charge is -2.19. The highest BCUT2D eigenvalue weighted by Gasteiger charge is 2.21. The van der Waals surface area contributed by atoms with Gasteiger partial charge in [-0.25, -0.2) is 0 Å². The largest absolute Gasteiger partial charge is 0.507 e. The zero-order valence-electron chi connectivity index (χ0n) is 20.2. The van der Waals surface area contributed by atoms with E-state index in [1.807, 2.05) is 48.5 Å². The molecule has 4 aromatic rings. The monoisotopic (exact) mass is 676 g/mol. The van der Waals surface area contributed by atoms with Crippen molar-refractivity contribution in [2.45, 2.75) is 37.4 Å². The van der Waals surface area contributed by atoms with Crippen LogP contribution in [0.15, 0.2) is 57.5 Å². The second kappa shape index (κ2) is 11.0. The van der Waals surface area contributed by atoms with Crippen molar-refractivity contribution in [2.24, 2.45) is 0 Å². The first-order valence-electron chi connectivity index (χ1n) is 12.0. The van der Waals surface area contributed by atoms with E-state index in [1.54, 1.807) is 0 Å². The number of benzene rings is 4. The molecule has 0 heterocycles. The summed E-state index contributed by atoms with van der Waals surface area (Å²) < 4.78 is 1.54. The van der Waals surface area contributed by atoms with Crippen LogP contribution in [0, 0.1) is 0 Å². The molecule has 38 heavy (non-hydrogen) atoms. The first kappa shape index (κ1) is 27.2. The van der Waals surface area contributed by atoms with E-state index in [0.29, 0.717) is 44.5 Å². The van der Waals surface area contributed by atoms with Crippen molar-refractivity contribution in [3.8, 4) is 23.0 Å². The summed E-state index contributed by atoms with van der Waals surface area (Å²) >= 11 is 19.5. The summed E-state index contributed by atoms with van der Waals surface area (Å²) in [6.07, 6.45) is 1.04. The van der Waals surface area contributed by atoms with Crippen molar-refractivity contribution >= 4 is 55.1 Å². The summed E-state index contributed by atoms with van der Waals surface area (Å²) in [5.74, 6) is 0.901. The SMILES string of the molecule is Oc1c2cc(Br)cc1Cc1cc(CCl)cc(c1O)Cc1cc(Br)cc(c1O)Cc1cc(CCl)cc(c1O)C2. The van der Waals surface area contributed by atoms with Gasteiger partial charge in [-0.2, -0.15) is 0 Å². The molecule has 8 bridgehead atoms. The molecular formula is C30H24Br2Cl2O4. The normalized spacial score (nSPS) is 12.9. The number of aromatic hydroxyl groups is 4. The second-order valence-electron chi connectivity index (χ2n) is 9.65. The van der Waals surface area contributed by atoms with Crippen LogP contribution in [-0.4, -0.2) is 20.4 Å². The standard InChI is InChI=1S/C30H24Br2Cl2O4/c31-25-9-21-5-17-1-15(13-33)2-18(27(17)35)6-22-10-26(32)12-24(30(22)38)8-20-4-16(14-34)3-19(28(20)36)7-23(11-25)29(21)37/h1-4,9-12,35-38H,5-8,13-14H2. The summed E-state index contributed by atoms with van der Waals surface area (Å²) in [5, 5.41) is 45.1. The van der Waals surface area contributed by atoms with Gasteiger partial charge < -0.3 is 20.4 Å². The smallest absolute Gasteiger partial charge is 0.122 e. The number of alkyl halides is 2. The number of rotatable bonds is 2. The Morgan fingerprint density at radius 2 is 0.658 bits per heavy atom. The Morgan fingerprint density at radius 3 is 0.868 bits per heavy atom. The summed E-state index contributed by atoms with van der Waals surface area (Å²) in [7, 11) is 0. The third-order valence-corrected chi connectivity index (χ3v) is 8.49. The molecule has 4 N–H and O–H groups in total. The Hall–Kier alpha value is -2.38. The average Bonchev–Trinajstić information content (AvgIpc) is 2.88. The average molecular weight is 679 g/mol. The lowest BCUT2D eigenvalue weighted by molar-refractivity contribution is 0.450. The number of fused-ring (bicyclic) bond motifs is 8. The van der Waals surface area contributed by atoms with Crippen molar-refractivity contribution in [1.82, 2.24) is 0 Å². The van der Waals surface area contributed by atoms with Crippen LogP contribution in [0.3, 0.4) is 0 Å². The Bertz CT molecular complexity index is 1360. The minimum atomic E-state index is 0.0986. The molecule has 0 spiro atoms. The van der Waals surface area contributed by atoms with Crippen LogP contribution in [0.25, 0.3) is 0 Å². The Morgan fingerprint density at radius 1 is 0.447 bits per heavy atom. The molecule has 4 nitrogen and oxygen atoms in total. The van der Waals surface area contributed by atoms with Gasteiger partial charge in [0.05, 0.1) is 0 Å². The van der Waals surface area contributed by atoms with Gasteiger partial charge in [-0.15, -0.1) is 23.2 Å². The molecule has 0 aromatic heterocycles. The van der Waals surface area contributed by atoms with Crippen LogP contribution >= 0.6 is 55.1 Å². The molecule has 8 heteroatoms. The van der Waals surface area contributed by atoms with Crippen LogP contribution in [0.5, 0.6) is 23.0 Å². The topological polar surface area (TPSA) is 80.9 Å². The molecule has 0 amide bonds. The fourth-order valence-corrected chi connectivity index (χ4v) is 6.57. The van der Waals surface area contributed by atoms with Gasteiger partial charge in [-0.3, -0.25) is 0 Å². The van der Waals surface area contributed by atoms with Gasteiger partial charge in [0.25, 0.3) is 0 Å². The molecule has 0 saturated carbocycles. The van der Waals surface area contributed by atoms with Crippen LogP contribution in [0.1, 0.15) is 55.6 Å². The fourth-order valence-electron chi connectivity index (χ4n) is 5.15. The van der Waals surface area contributed by atoms with Gasteiger partial charge in [0.2, 0.25) is 0 Å². The molecule has 0 fully saturated rings. The number of phenols is 4. The lowest BCUT2D eigenvalue weighted by Crippen LogP contribution is -2.02. The predicted octanol–water partition coefficient (Wildman–Crippen LogP) is 8.19. The third-order valence-electron chi connectivity index (χ3n) is 6.95. The summed E-state index contributed by atoms with van der Waals surface area (Å²) in [4.78, 5) is 0. The van der Waals surface area contributed by atoms with Crippen molar-refractivity contribution in [3.63, 3.8) is 0 Å². The van der Waals surface area contributed by atoms with Crippen LogP contribution in [0.4, 0.5) is 0 Å². The van der Waals surface area contributed by atoms with Gasteiger partial charge in [-0.05, 0) is 79.9 Å². The molecule has 0 unspecified atom stereocenters. The maximum Gasteiger partial charge on any atom is 0.122 e. The summed E-state index contributed by atoms with van der Waals surface area (Å²) in [5.41, 5.74) is 6.61. The zero-order chi connectivity index (χ0) is 27.1. The molecule has 1 aliphatic rings. The number of phenolic OH excluding ortho intramolecular Hbond substituents is 4. The van der Waals surface area contributed by atoms with E-state index in [4.69, 9.17) is 23.2 Å². The Kier molecular flexibility index (Phi) is 7.88. The first-order valence-corrected chi connectivity index (χ1v) is 14.6. The van der Waals surface area contributed by atoms with Crippen LogP contribution < -0.4 is 0 Å². The Labute approximate surface area is 247 Å². The molecule has 5 rings (SSSR count). The van der Waals surface area contributed by atoms with Crippen molar-refractivity contribution in [2.75, 3.05) is 0 Å². The van der Waals surface area contributed by atoms with Crippen LogP contribution in [0.2, 0.25) is 0 Å². The van der Waals surface area contributed by atoms with E-state index in [0.717, 1.165) is 20.1 Å². The maximum atomic E-state index is 11.3. The molecule has 0 aliphatic heterocycles. The predicted molar refractivity (Wildman–Crippen MR) is 158 cm³/mol. The molecule has 1 aliphatic carbocycles. The lowest BCUT2D eigenvalue weighted by atomic mass is 9.90. The number of halogens is 4. The van der Waals surface area contributed by atoms with E-state index in [2.05, 4.69) is 31.9 Å². The van der Waals surface area contributed by atoms with Gasteiger partial charge in [0.1, 0.15) is 23.0 Å². The summed E-state index contributed by atoms with van der Waals surface area (Å²) in [6, 6.07) is 14.6. The third kappa shape index (κ3) is 5.37. The molecule has 196 valence electrons. The first-order chi connectivity index (χ1) is 18.2. The van der Waals surface area contributed by atoms with Gasteiger partial charge in [0.15, 0.2) is 0 Å². The van der Waals surface area contributed by atoms with Crippen molar-refractivity contribution in [3.05, 3.63) is 113 Å². The molecule has 4 aromatic carbocycles. The van der Waals surface area contributed by atoms with E-state index in [1.165, 1.54) is 0 Å². The number of hydrogen-bond donors (Lipinski definition) is 4. The highest BCUT2D eigenvalue weighted by molar-refractivity contribution is 9.10. The van der Waals surface area contributed by atoms with Gasteiger partial charge in [0, 0.05) is 46.4 Å². The van der Waals surface area contributed by atoms with Gasteiger partial charge in [-0.1, -0.05) is 56.1 Å². The minimum absolute atomic E-state index is 0.0986. The van der Waals surface area contributed by atoms with E-state index in [-0.39, 0.29) is 60.4 Å². The van der Waals surface area contributed by atoms with Crippen LogP contribution in [-0.2, 0) is 37.4 Å². The number of hydrogen-bond acceptors (Lipinski definition) is 4. The molecule has 0 saturated heterocycles. The van der Waals surface area contributed by atoms with E-state index in [9.17, 15) is 20.4 Å². The minimum Gasteiger partial charge on any atom is -0.507 e. The second-order valence-corrected chi connectivity index (χ2v) is 12.0. The Balaban J connectivity index is 1.79. The van der Waals surface area contributed by atoms with Crippen molar-refractivity contribution < 1.29 is 20.4 Å². The molecule has 0 atom stereocenters. The molecule has 0 radical (unpaired) electrons. The quantitative estimate of drug-likeness (QED) is 0.142. The summed E-state index contributed by atoms with van der Waals surface area (Å²) in [6.45, 7) is 0. The highest BCUT2D eigenvalue weighted by Crippen LogP contribution is 2.40. The van der Waals surface area contributed by atoms with E-state index >= 15 is 0 Å². The highest BCUT2D eigenvalue weighted by atomic mass is 79.9. The maximum absolute atomic E-state index is 11.3. The fraction of sp³-hybridized carbons (Fsp3) is 0.200.